The van der Waals surface area contributed by atoms with Crippen LogP contribution >= 0.6 is 0 Å². The number of para-hydroxylation sites is 1. The summed E-state index contributed by atoms with van der Waals surface area (Å²) in [5.41, 5.74) is 0.0917. The van der Waals surface area contributed by atoms with Gasteiger partial charge in [-0.1, -0.05) is 12.1 Å². The predicted octanol–water partition coefficient (Wildman–Crippen LogP) is 3.82. The Morgan fingerprint density at radius 1 is 1.00 bits per heavy atom. The Bertz CT molecular complexity index is 633. The number of halogens is 3. The van der Waals surface area contributed by atoms with Crippen LogP contribution < -0.4 is 9.47 Å². The first-order chi connectivity index (χ1) is 9.90. The van der Waals surface area contributed by atoms with Gasteiger partial charge in [-0.3, -0.25) is 4.79 Å². The smallest absolute Gasteiger partial charge is 0.497 e. The molecule has 0 unspecified atom stereocenters. The van der Waals surface area contributed by atoms with Crippen molar-refractivity contribution in [3.05, 3.63) is 59.7 Å². The highest BCUT2D eigenvalue weighted by Crippen LogP contribution is 2.28. The van der Waals surface area contributed by atoms with E-state index in [2.05, 4.69) is 4.74 Å². The molecule has 0 aromatic heterocycles. The van der Waals surface area contributed by atoms with E-state index in [4.69, 9.17) is 4.74 Å². The molecule has 0 N–H and O–H groups in total. The summed E-state index contributed by atoms with van der Waals surface area (Å²) in [5, 5.41) is 0. The second-order valence-corrected chi connectivity index (χ2v) is 4.10. The average Bonchev–Trinajstić information content (AvgIpc) is 2.45. The highest BCUT2D eigenvalue weighted by molar-refractivity contribution is 6.10. The molecule has 0 aliphatic carbocycles. The fraction of sp³-hybridized carbons (Fsp3) is 0.133. The Labute approximate surface area is 118 Å². The van der Waals surface area contributed by atoms with Crippen LogP contribution in [0.3, 0.4) is 0 Å². The highest BCUT2D eigenvalue weighted by Gasteiger charge is 2.32. The zero-order chi connectivity index (χ0) is 15.5. The van der Waals surface area contributed by atoms with Crippen LogP contribution in [0.15, 0.2) is 48.5 Å². The summed E-state index contributed by atoms with van der Waals surface area (Å²) in [6, 6.07) is 11.3. The van der Waals surface area contributed by atoms with Crippen molar-refractivity contribution in [1.29, 1.82) is 0 Å². The lowest BCUT2D eigenvalue weighted by molar-refractivity contribution is -0.274. The van der Waals surface area contributed by atoms with Crippen molar-refractivity contribution in [2.24, 2.45) is 0 Å². The van der Waals surface area contributed by atoms with E-state index in [9.17, 15) is 18.0 Å². The average molecular weight is 296 g/mol. The second kappa shape index (κ2) is 5.87. The van der Waals surface area contributed by atoms with Crippen LogP contribution in [-0.4, -0.2) is 19.3 Å². The molecule has 6 heteroatoms. The number of carbonyl (C=O) groups is 1. The summed E-state index contributed by atoms with van der Waals surface area (Å²) in [6.07, 6.45) is -4.85. The van der Waals surface area contributed by atoms with Crippen LogP contribution in [-0.2, 0) is 0 Å². The van der Waals surface area contributed by atoms with Gasteiger partial charge in [-0.25, -0.2) is 0 Å². The van der Waals surface area contributed by atoms with Crippen LogP contribution in [0.4, 0.5) is 13.2 Å². The van der Waals surface area contributed by atoms with Gasteiger partial charge in [0.25, 0.3) is 0 Å². The van der Waals surface area contributed by atoms with Gasteiger partial charge in [-0.2, -0.15) is 0 Å². The first kappa shape index (κ1) is 14.9. The van der Waals surface area contributed by atoms with E-state index >= 15 is 0 Å². The lowest BCUT2D eigenvalue weighted by Crippen LogP contribution is -2.19. The van der Waals surface area contributed by atoms with E-state index in [0.29, 0.717) is 5.75 Å². The summed E-state index contributed by atoms with van der Waals surface area (Å²) in [4.78, 5) is 12.3. The molecule has 21 heavy (non-hydrogen) atoms. The van der Waals surface area contributed by atoms with Gasteiger partial charge in [-0.15, -0.1) is 13.2 Å². The van der Waals surface area contributed by atoms with Gasteiger partial charge in [0, 0.05) is 5.56 Å². The third-order valence-electron chi connectivity index (χ3n) is 2.71. The first-order valence-corrected chi connectivity index (χ1v) is 5.94. The molecule has 0 radical (unpaired) electrons. The number of methoxy groups -OCH3 is 1. The molecule has 2 aromatic carbocycles. The van der Waals surface area contributed by atoms with E-state index in [-0.39, 0.29) is 11.1 Å². The molecule has 2 aromatic rings. The number of ether oxygens (including phenoxy) is 2. The van der Waals surface area contributed by atoms with Gasteiger partial charge in [0.2, 0.25) is 0 Å². The monoisotopic (exact) mass is 296 g/mol. The molecule has 0 saturated heterocycles. The Balaban J connectivity index is 2.34. The zero-order valence-electron chi connectivity index (χ0n) is 11.0. The van der Waals surface area contributed by atoms with Gasteiger partial charge in [0.05, 0.1) is 12.7 Å². The van der Waals surface area contributed by atoms with E-state index in [0.717, 1.165) is 6.07 Å². The van der Waals surface area contributed by atoms with E-state index in [1.54, 1.807) is 12.1 Å². The van der Waals surface area contributed by atoms with Gasteiger partial charge in [-0.05, 0) is 36.4 Å². The normalized spacial score (nSPS) is 11.0. The lowest BCUT2D eigenvalue weighted by atomic mass is 10.0. The molecule has 0 bridgehead atoms. The Hall–Kier alpha value is -2.50. The maximum absolute atomic E-state index is 12.3. The van der Waals surface area contributed by atoms with Crippen LogP contribution in [0.2, 0.25) is 0 Å². The predicted molar refractivity (Wildman–Crippen MR) is 69.6 cm³/mol. The number of rotatable bonds is 4. The number of hydrogen-bond acceptors (Lipinski definition) is 3. The molecule has 110 valence electrons. The summed E-state index contributed by atoms with van der Waals surface area (Å²) in [6.45, 7) is 0. The minimum atomic E-state index is -4.85. The molecule has 3 nitrogen and oxygen atoms in total. The molecular weight excluding hydrogens is 285 g/mol. The summed E-state index contributed by atoms with van der Waals surface area (Å²) in [7, 11) is 1.48. The highest BCUT2D eigenvalue weighted by atomic mass is 19.4. The number of carbonyl (C=O) groups excluding carboxylic acids is 1. The number of hydrogen-bond donors (Lipinski definition) is 0. The number of benzene rings is 2. The van der Waals surface area contributed by atoms with Gasteiger partial charge in [0.15, 0.2) is 5.78 Å². The molecule has 0 atom stereocenters. The van der Waals surface area contributed by atoms with E-state index < -0.39 is 17.9 Å². The standard InChI is InChI=1S/C15H11F3O3/c1-20-11-8-6-10(7-9-11)14(19)12-4-2-3-5-13(12)21-15(16,17)18/h2-9H,1H3. The SMILES string of the molecule is COc1ccc(C(=O)c2ccccc2OC(F)(F)F)cc1. The number of ketones is 1. The second-order valence-electron chi connectivity index (χ2n) is 4.10. The summed E-state index contributed by atoms with van der Waals surface area (Å²) in [5.74, 6) is -0.533. The molecule has 0 aliphatic heterocycles. The maximum Gasteiger partial charge on any atom is 0.573 e. The molecule has 0 spiro atoms. The van der Waals surface area contributed by atoms with Crippen molar-refractivity contribution in [2.75, 3.05) is 7.11 Å². The van der Waals surface area contributed by atoms with Crippen molar-refractivity contribution in [2.45, 2.75) is 6.36 Å². The first-order valence-electron chi connectivity index (χ1n) is 5.94. The van der Waals surface area contributed by atoms with Gasteiger partial charge < -0.3 is 9.47 Å². The van der Waals surface area contributed by atoms with Gasteiger partial charge >= 0.3 is 6.36 Å². The zero-order valence-corrected chi connectivity index (χ0v) is 11.0. The molecule has 0 heterocycles. The van der Waals surface area contributed by atoms with Crippen LogP contribution in [0.5, 0.6) is 11.5 Å². The van der Waals surface area contributed by atoms with Crippen LogP contribution in [0, 0.1) is 0 Å². The van der Waals surface area contributed by atoms with E-state index in [1.165, 1.54) is 37.4 Å². The Morgan fingerprint density at radius 3 is 2.19 bits per heavy atom. The largest absolute Gasteiger partial charge is 0.573 e. The quantitative estimate of drug-likeness (QED) is 0.804. The molecule has 0 amide bonds. The van der Waals surface area contributed by atoms with Crippen molar-refractivity contribution < 1.29 is 27.4 Å². The van der Waals surface area contributed by atoms with Crippen molar-refractivity contribution in [3.63, 3.8) is 0 Å². The fourth-order valence-electron chi connectivity index (χ4n) is 1.77. The van der Waals surface area contributed by atoms with Crippen molar-refractivity contribution in [3.8, 4) is 11.5 Å². The number of alkyl halides is 3. The van der Waals surface area contributed by atoms with Crippen LogP contribution in [0.25, 0.3) is 0 Å². The van der Waals surface area contributed by atoms with Crippen LogP contribution in [0.1, 0.15) is 15.9 Å². The third kappa shape index (κ3) is 3.75. The van der Waals surface area contributed by atoms with Crippen molar-refractivity contribution >= 4 is 5.78 Å². The molecular formula is C15H11F3O3. The Kier molecular flexibility index (Phi) is 4.16. The Morgan fingerprint density at radius 2 is 1.62 bits per heavy atom. The molecule has 0 aliphatic rings. The molecule has 0 saturated carbocycles. The minimum absolute atomic E-state index is 0.153. The minimum Gasteiger partial charge on any atom is -0.497 e. The summed E-state index contributed by atoms with van der Waals surface area (Å²) >= 11 is 0. The third-order valence-corrected chi connectivity index (χ3v) is 2.71. The van der Waals surface area contributed by atoms with Crippen molar-refractivity contribution in [1.82, 2.24) is 0 Å². The lowest BCUT2D eigenvalue weighted by Gasteiger charge is -2.12. The summed E-state index contributed by atoms with van der Waals surface area (Å²) < 4.78 is 45.8. The maximum atomic E-state index is 12.3. The topological polar surface area (TPSA) is 35.5 Å². The van der Waals surface area contributed by atoms with Gasteiger partial charge in [0.1, 0.15) is 11.5 Å². The fourth-order valence-corrected chi connectivity index (χ4v) is 1.77. The van der Waals surface area contributed by atoms with E-state index in [1.807, 2.05) is 0 Å². The molecule has 2 rings (SSSR count). The molecule has 0 fully saturated rings.